The van der Waals surface area contributed by atoms with Crippen LogP contribution in [0.5, 0.6) is 5.75 Å². The van der Waals surface area contributed by atoms with Gasteiger partial charge in [-0.15, -0.1) is 24.5 Å². The third kappa shape index (κ3) is 8.98. The first kappa shape index (κ1) is 27.7. The molecule has 1 heterocycles. The van der Waals surface area contributed by atoms with Crippen molar-refractivity contribution < 1.29 is 27.8 Å². The van der Waals surface area contributed by atoms with Crippen LogP contribution in [0.15, 0.2) is 58.9 Å². The van der Waals surface area contributed by atoms with Gasteiger partial charge in [0, 0.05) is 23.5 Å². The first-order valence-corrected chi connectivity index (χ1v) is 12.4. The molecule has 0 bridgehead atoms. The minimum atomic E-state index is -4.75. The number of hydrogen-bond donors (Lipinski definition) is 3. The smallest absolute Gasteiger partial charge is 0.406 e. The van der Waals surface area contributed by atoms with Gasteiger partial charge in [0.2, 0.25) is 5.91 Å². The number of rotatable bonds is 12. The van der Waals surface area contributed by atoms with Crippen LogP contribution in [-0.4, -0.2) is 48.2 Å². The van der Waals surface area contributed by atoms with Gasteiger partial charge in [-0.1, -0.05) is 23.7 Å². The molecule has 12 heteroatoms. The fourth-order valence-corrected chi connectivity index (χ4v) is 4.36. The van der Waals surface area contributed by atoms with Gasteiger partial charge in [-0.3, -0.25) is 9.79 Å². The number of hydrogen-bond acceptors (Lipinski definition) is 6. The minimum Gasteiger partial charge on any atom is -0.406 e. The largest absolute Gasteiger partial charge is 0.573 e. The molecule has 36 heavy (non-hydrogen) atoms. The number of carbonyl (C=O) groups excluding carboxylic acids is 1. The van der Waals surface area contributed by atoms with Gasteiger partial charge in [-0.05, 0) is 60.5 Å². The highest BCUT2D eigenvalue weighted by atomic mass is 35.5. The minimum absolute atomic E-state index is 0.116. The van der Waals surface area contributed by atoms with E-state index in [0.29, 0.717) is 31.1 Å². The maximum Gasteiger partial charge on any atom is 0.573 e. The number of nitrogens with zero attached hydrogens (tertiary/aromatic N) is 2. The molecule has 0 unspecified atom stereocenters. The molecular weight excluding hydrogens is 517 g/mol. The van der Waals surface area contributed by atoms with E-state index >= 15 is 0 Å². The molecule has 194 valence electrons. The summed E-state index contributed by atoms with van der Waals surface area (Å²) in [5.74, 6) is -0.489. The number of ether oxygens (including phenoxy) is 1. The number of amides is 1. The molecule has 3 aromatic rings. The zero-order chi connectivity index (χ0) is 26.0. The fraction of sp³-hybridized carbons (Fsp3) is 0.333. The molecule has 0 saturated heterocycles. The first-order valence-electron chi connectivity index (χ1n) is 11.1. The Morgan fingerprint density at radius 3 is 2.50 bits per heavy atom. The van der Waals surface area contributed by atoms with Gasteiger partial charge in [-0.25, -0.2) is 0 Å². The molecule has 0 aliphatic heterocycles. The Bertz CT molecular complexity index is 1180. The van der Waals surface area contributed by atoms with Crippen LogP contribution in [0.25, 0.3) is 11.3 Å². The number of aromatic nitrogens is 1. The van der Waals surface area contributed by atoms with E-state index in [0.717, 1.165) is 21.6 Å². The molecule has 0 fully saturated rings. The van der Waals surface area contributed by atoms with Crippen LogP contribution in [0.3, 0.4) is 0 Å². The highest BCUT2D eigenvalue weighted by Gasteiger charge is 2.31. The lowest BCUT2D eigenvalue weighted by atomic mass is 10.1. The predicted molar refractivity (Wildman–Crippen MR) is 133 cm³/mol. The van der Waals surface area contributed by atoms with Gasteiger partial charge in [-0.2, -0.15) is 0 Å². The van der Waals surface area contributed by atoms with E-state index in [1.54, 1.807) is 24.3 Å². The summed E-state index contributed by atoms with van der Waals surface area (Å²) < 4.78 is 43.5. The number of nitrogens with one attached hydrogen (secondary N) is 2. The average molecular weight is 543 g/mol. The Morgan fingerprint density at radius 1 is 1.11 bits per heavy atom. The van der Waals surface area contributed by atoms with Crippen molar-refractivity contribution in [1.29, 1.82) is 0 Å². The quantitative estimate of drug-likeness (QED) is 0.302. The SMILES string of the molecule is O=C(CNCCCn1c(-c2ccc(OC(F)(F)F)cc2)cs/c1=N\Cc1ccc(Cl)cc1)NCCO. The van der Waals surface area contributed by atoms with Crippen LogP contribution < -0.4 is 20.2 Å². The number of aliphatic hydroxyl groups is 1. The molecule has 0 spiro atoms. The van der Waals surface area contributed by atoms with E-state index in [2.05, 4.69) is 15.4 Å². The summed E-state index contributed by atoms with van der Waals surface area (Å²) in [7, 11) is 0. The molecule has 1 aromatic heterocycles. The highest BCUT2D eigenvalue weighted by Crippen LogP contribution is 2.27. The predicted octanol–water partition coefficient (Wildman–Crippen LogP) is 3.96. The monoisotopic (exact) mass is 542 g/mol. The van der Waals surface area contributed by atoms with Crippen LogP contribution in [0.4, 0.5) is 13.2 Å². The van der Waals surface area contributed by atoms with Gasteiger partial charge in [0.25, 0.3) is 0 Å². The van der Waals surface area contributed by atoms with Crippen molar-refractivity contribution in [3.63, 3.8) is 0 Å². The van der Waals surface area contributed by atoms with Crippen LogP contribution in [0.1, 0.15) is 12.0 Å². The van der Waals surface area contributed by atoms with Gasteiger partial charge in [0.05, 0.1) is 25.4 Å². The third-order valence-electron chi connectivity index (χ3n) is 4.95. The zero-order valence-corrected chi connectivity index (χ0v) is 20.8. The van der Waals surface area contributed by atoms with E-state index in [4.69, 9.17) is 21.7 Å². The second kappa shape index (κ2) is 13.4. The molecule has 3 N–H and O–H groups in total. The van der Waals surface area contributed by atoms with E-state index in [9.17, 15) is 18.0 Å². The van der Waals surface area contributed by atoms with E-state index in [1.807, 2.05) is 22.1 Å². The van der Waals surface area contributed by atoms with Gasteiger partial charge in [0.15, 0.2) is 4.80 Å². The lowest BCUT2D eigenvalue weighted by Gasteiger charge is -2.12. The van der Waals surface area contributed by atoms with E-state index in [1.165, 1.54) is 23.5 Å². The summed E-state index contributed by atoms with van der Waals surface area (Å²) in [5, 5.41) is 16.9. The van der Waals surface area contributed by atoms with Crippen LogP contribution >= 0.6 is 22.9 Å². The summed E-state index contributed by atoms with van der Waals surface area (Å²) in [4.78, 5) is 17.1. The van der Waals surface area contributed by atoms with Crippen molar-refractivity contribution in [2.45, 2.75) is 25.9 Å². The molecular formula is C24H26ClF3N4O3S. The van der Waals surface area contributed by atoms with Crippen molar-refractivity contribution >= 4 is 28.8 Å². The number of thiazole rings is 1. The van der Waals surface area contributed by atoms with Crippen LogP contribution in [0.2, 0.25) is 5.02 Å². The van der Waals surface area contributed by atoms with Gasteiger partial charge in [0.1, 0.15) is 5.75 Å². The zero-order valence-electron chi connectivity index (χ0n) is 19.2. The Kier molecular flexibility index (Phi) is 10.4. The molecule has 0 aliphatic carbocycles. The highest BCUT2D eigenvalue weighted by molar-refractivity contribution is 7.07. The molecule has 0 atom stereocenters. The second-order valence-electron chi connectivity index (χ2n) is 7.67. The maximum atomic E-state index is 12.5. The lowest BCUT2D eigenvalue weighted by molar-refractivity contribution is -0.274. The van der Waals surface area contributed by atoms with E-state index < -0.39 is 6.36 Å². The molecule has 3 rings (SSSR count). The number of halogens is 4. The fourth-order valence-electron chi connectivity index (χ4n) is 3.30. The Hall–Kier alpha value is -2.86. The van der Waals surface area contributed by atoms with Crippen molar-refractivity contribution in [3.8, 4) is 17.0 Å². The summed E-state index contributed by atoms with van der Waals surface area (Å²) in [6.07, 6.45) is -4.07. The number of aliphatic hydroxyl groups excluding tert-OH is 1. The van der Waals surface area contributed by atoms with Crippen molar-refractivity contribution in [3.05, 3.63) is 69.3 Å². The topological polar surface area (TPSA) is 87.9 Å². The first-order chi connectivity index (χ1) is 17.2. The third-order valence-corrected chi connectivity index (χ3v) is 6.10. The summed E-state index contributed by atoms with van der Waals surface area (Å²) in [6, 6.07) is 13.1. The molecule has 0 aliphatic rings. The van der Waals surface area contributed by atoms with Crippen LogP contribution in [-0.2, 0) is 17.9 Å². The van der Waals surface area contributed by atoms with Crippen molar-refractivity contribution in [2.24, 2.45) is 4.99 Å². The van der Waals surface area contributed by atoms with Gasteiger partial charge < -0.3 is 25.0 Å². The molecule has 0 radical (unpaired) electrons. The Labute approximate surface area is 215 Å². The Balaban J connectivity index is 1.75. The molecule has 2 aromatic carbocycles. The lowest BCUT2D eigenvalue weighted by Crippen LogP contribution is -2.36. The normalized spacial score (nSPS) is 12.1. The number of benzene rings is 2. The summed E-state index contributed by atoms with van der Waals surface area (Å²) in [6.45, 7) is 1.80. The Morgan fingerprint density at radius 2 is 1.83 bits per heavy atom. The maximum absolute atomic E-state index is 12.5. The number of carbonyl (C=O) groups is 1. The van der Waals surface area contributed by atoms with Crippen molar-refractivity contribution in [1.82, 2.24) is 15.2 Å². The summed E-state index contributed by atoms with van der Waals surface area (Å²) in [5.41, 5.74) is 2.53. The number of alkyl halides is 3. The standard InChI is InChI=1S/C24H26ClF3N4O3S/c25-19-6-2-17(3-7-19)14-31-23-32(12-1-10-29-15-22(34)30-11-13-33)21(16-36-23)18-4-8-20(9-5-18)35-24(26,27)28/h2-9,16,29,33H,1,10-15H2,(H,30,34)/b31-23-. The summed E-state index contributed by atoms with van der Waals surface area (Å²) >= 11 is 7.39. The molecule has 1 amide bonds. The van der Waals surface area contributed by atoms with Gasteiger partial charge >= 0.3 is 6.36 Å². The molecule has 0 saturated carbocycles. The van der Waals surface area contributed by atoms with Crippen LogP contribution in [0, 0.1) is 0 Å². The molecule has 7 nitrogen and oxygen atoms in total. The average Bonchev–Trinajstić information content (AvgIpc) is 3.24. The van der Waals surface area contributed by atoms with Crippen molar-refractivity contribution in [2.75, 3.05) is 26.2 Å². The second-order valence-corrected chi connectivity index (χ2v) is 8.95. The van der Waals surface area contributed by atoms with E-state index in [-0.39, 0.29) is 31.4 Å².